The predicted molar refractivity (Wildman–Crippen MR) is 164 cm³/mol. The maximum atomic E-state index is 13.2. The highest BCUT2D eigenvalue weighted by atomic mass is 35.6. The lowest BCUT2D eigenvalue weighted by Gasteiger charge is -2.42. The molecule has 1 fully saturated rings. The first-order valence-electron chi connectivity index (χ1n) is 13.0. The Morgan fingerprint density at radius 2 is 1.45 bits per heavy atom. The Morgan fingerprint density at radius 3 is 2.02 bits per heavy atom. The van der Waals surface area contributed by atoms with Crippen LogP contribution >= 0.6 is 46.6 Å². The van der Waals surface area contributed by atoms with Crippen LogP contribution in [0.3, 0.4) is 0 Å². The van der Waals surface area contributed by atoms with Crippen LogP contribution in [-0.4, -0.2) is 72.3 Å². The van der Waals surface area contributed by atoms with Crippen molar-refractivity contribution in [1.29, 1.82) is 0 Å². The summed E-state index contributed by atoms with van der Waals surface area (Å²) >= 11 is 18.0. The fraction of sp³-hybridized carbons (Fsp3) is 0.310. The molecule has 0 aliphatic carbocycles. The summed E-state index contributed by atoms with van der Waals surface area (Å²) in [5, 5.41) is 11.3. The van der Waals surface area contributed by atoms with E-state index in [2.05, 4.69) is 0 Å². The molecule has 0 aromatic heterocycles. The highest BCUT2D eigenvalue weighted by Gasteiger charge is 2.51. The van der Waals surface area contributed by atoms with Crippen LogP contribution in [0.25, 0.3) is 0 Å². The van der Waals surface area contributed by atoms with Crippen LogP contribution in [-0.2, 0) is 33.0 Å². The summed E-state index contributed by atoms with van der Waals surface area (Å²) in [6, 6.07) is 23.2. The van der Waals surface area contributed by atoms with Crippen molar-refractivity contribution in [2.24, 2.45) is 0 Å². The third-order valence-electron chi connectivity index (χ3n) is 6.13. The van der Waals surface area contributed by atoms with E-state index in [0.29, 0.717) is 4.90 Å². The van der Waals surface area contributed by atoms with Gasteiger partial charge in [0.05, 0.1) is 11.1 Å². The Hall–Kier alpha value is -2.39. The summed E-state index contributed by atoms with van der Waals surface area (Å²) in [6.07, 6.45) is -6.48. The Bertz CT molecular complexity index is 1500. The van der Waals surface area contributed by atoms with Crippen LogP contribution in [0.15, 0.2) is 89.8 Å². The standard InChI is InChI=1S/C29H27Cl3O10S2/c1-18-12-14-21(15-13-18)43-28-25(41-27(35)20-10-6-3-7-11-20)24(42-44(36,37)39-17-29(30,31)32)23(33)22(40-28)16-38-26(34)19-8-4-2-5-9-19/h2-15,22-25,28,33H,16-17H2,1H3/t22-,23-,24+,25-,28+/m1/s1. The number of aliphatic hydroxyl groups is 1. The molecule has 0 radical (unpaired) electrons. The van der Waals surface area contributed by atoms with Crippen LogP contribution in [0.5, 0.6) is 0 Å². The number of halogens is 3. The van der Waals surface area contributed by atoms with E-state index in [1.165, 1.54) is 24.3 Å². The molecule has 5 atom stereocenters. The van der Waals surface area contributed by atoms with Gasteiger partial charge < -0.3 is 19.3 Å². The SMILES string of the molecule is Cc1ccc(S[C@@H]2O[C@H](COC(=O)c3ccccc3)[C@@H](O)[C@H](OS(=O)(=O)OCC(Cl)(Cl)Cl)[C@H]2OC(=O)c2ccccc2)cc1. The Labute approximate surface area is 273 Å². The number of alkyl halides is 3. The van der Waals surface area contributed by atoms with Gasteiger partial charge in [0, 0.05) is 4.90 Å². The van der Waals surface area contributed by atoms with E-state index >= 15 is 0 Å². The molecule has 15 heteroatoms. The van der Waals surface area contributed by atoms with Gasteiger partial charge in [0.25, 0.3) is 0 Å². The average Bonchev–Trinajstić information content (AvgIpc) is 3.00. The van der Waals surface area contributed by atoms with Crippen molar-refractivity contribution in [3.05, 3.63) is 102 Å². The molecule has 236 valence electrons. The highest BCUT2D eigenvalue weighted by molar-refractivity contribution is 7.99. The number of thioether (sulfide) groups is 1. The van der Waals surface area contributed by atoms with E-state index in [0.717, 1.165) is 17.3 Å². The van der Waals surface area contributed by atoms with Crippen LogP contribution in [0.4, 0.5) is 0 Å². The summed E-state index contributed by atoms with van der Waals surface area (Å²) in [5.74, 6) is -1.55. The van der Waals surface area contributed by atoms with E-state index in [1.807, 2.05) is 19.1 Å². The van der Waals surface area contributed by atoms with Crippen molar-refractivity contribution in [2.75, 3.05) is 13.2 Å². The number of hydrogen-bond donors (Lipinski definition) is 1. The second kappa shape index (κ2) is 15.3. The lowest BCUT2D eigenvalue weighted by atomic mass is 10.00. The van der Waals surface area contributed by atoms with Gasteiger partial charge in [0.2, 0.25) is 3.79 Å². The summed E-state index contributed by atoms with van der Waals surface area (Å²) in [5.41, 5.74) is 0.204. The quantitative estimate of drug-likeness (QED) is 0.207. The molecular weight excluding hydrogens is 679 g/mol. The number of carbonyl (C=O) groups is 2. The number of aliphatic hydroxyl groups excluding tert-OH is 1. The van der Waals surface area contributed by atoms with Gasteiger partial charge in [0.15, 0.2) is 6.10 Å². The zero-order chi connectivity index (χ0) is 31.9. The van der Waals surface area contributed by atoms with Crippen LogP contribution in [0.2, 0.25) is 0 Å². The number of carbonyl (C=O) groups excluding carboxylic acids is 2. The number of aryl methyl sites for hydroxylation is 1. The zero-order valence-corrected chi connectivity index (χ0v) is 26.9. The first-order chi connectivity index (χ1) is 20.8. The van der Waals surface area contributed by atoms with Crippen LogP contribution in [0, 0.1) is 6.92 Å². The molecule has 0 bridgehead atoms. The van der Waals surface area contributed by atoms with Gasteiger partial charge >= 0.3 is 22.3 Å². The molecule has 0 saturated carbocycles. The second-order valence-electron chi connectivity index (χ2n) is 9.51. The molecule has 1 aliphatic rings. The lowest BCUT2D eigenvalue weighted by molar-refractivity contribution is -0.199. The molecular formula is C29H27Cl3O10S2. The largest absolute Gasteiger partial charge is 0.459 e. The smallest absolute Gasteiger partial charge is 0.400 e. The number of esters is 2. The van der Waals surface area contributed by atoms with Gasteiger partial charge in [0.1, 0.15) is 37.0 Å². The maximum Gasteiger partial charge on any atom is 0.400 e. The number of hydrogen-bond acceptors (Lipinski definition) is 11. The van der Waals surface area contributed by atoms with Crippen LogP contribution < -0.4 is 0 Å². The van der Waals surface area contributed by atoms with Gasteiger partial charge in [-0.3, -0.25) is 0 Å². The van der Waals surface area contributed by atoms with Crippen molar-refractivity contribution in [3.63, 3.8) is 0 Å². The summed E-state index contributed by atoms with van der Waals surface area (Å²) in [6.45, 7) is 0.483. The summed E-state index contributed by atoms with van der Waals surface area (Å²) < 4.78 is 50.8. The van der Waals surface area contributed by atoms with E-state index in [4.69, 9.17) is 57.4 Å². The monoisotopic (exact) mass is 704 g/mol. The van der Waals surface area contributed by atoms with Gasteiger partial charge in [-0.1, -0.05) is 101 Å². The Balaban J connectivity index is 1.66. The fourth-order valence-electron chi connectivity index (χ4n) is 3.99. The molecule has 1 saturated heterocycles. The zero-order valence-electron chi connectivity index (χ0n) is 23.0. The van der Waals surface area contributed by atoms with E-state index in [1.54, 1.807) is 48.5 Å². The molecule has 1 heterocycles. The molecule has 0 spiro atoms. The van der Waals surface area contributed by atoms with E-state index in [9.17, 15) is 23.1 Å². The minimum absolute atomic E-state index is 0.147. The molecule has 1 N–H and O–H groups in total. The average molecular weight is 706 g/mol. The lowest BCUT2D eigenvalue weighted by Crippen LogP contribution is -2.60. The van der Waals surface area contributed by atoms with E-state index < -0.39 is 69.2 Å². The van der Waals surface area contributed by atoms with Crippen LogP contribution in [0.1, 0.15) is 26.3 Å². The van der Waals surface area contributed by atoms with Crippen molar-refractivity contribution in [3.8, 4) is 0 Å². The molecule has 44 heavy (non-hydrogen) atoms. The summed E-state index contributed by atoms with van der Waals surface area (Å²) in [7, 11) is -4.96. The van der Waals surface area contributed by atoms with Gasteiger partial charge in [-0.2, -0.15) is 8.42 Å². The molecule has 1 aliphatic heterocycles. The number of benzene rings is 3. The molecule has 3 aromatic rings. The number of rotatable bonds is 11. The molecule has 10 nitrogen and oxygen atoms in total. The van der Waals surface area contributed by atoms with Crippen molar-refractivity contribution >= 4 is 68.9 Å². The molecule has 0 amide bonds. The van der Waals surface area contributed by atoms with Crippen molar-refractivity contribution in [2.45, 2.75) is 45.5 Å². The predicted octanol–water partition coefficient (Wildman–Crippen LogP) is 5.27. The summed E-state index contributed by atoms with van der Waals surface area (Å²) in [4.78, 5) is 26.5. The third-order valence-corrected chi connectivity index (χ3v) is 8.48. The van der Waals surface area contributed by atoms with Gasteiger partial charge in [-0.25, -0.2) is 18.0 Å². The number of ether oxygens (including phenoxy) is 3. The highest BCUT2D eigenvalue weighted by Crippen LogP contribution is 2.38. The minimum atomic E-state index is -4.96. The molecule has 4 rings (SSSR count). The fourth-order valence-corrected chi connectivity index (χ4v) is 6.33. The first kappa shape index (κ1) is 34.5. The minimum Gasteiger partial charge on any atom is -0.459 e. The first-order valence-corrected chi connectivity index (χ1v) is 16.4. The topological polar surface area (TPSA) is 135 Å². The second-order valence-corrected chi connectivity index (χ2v) is 14.4. The van der Waals surface area contributed by atoms with Crippen molar-refractivity contribution < 1.29 is 45.7 Å². The van der Waals surface area contributed by atoms with Gasteiger partial charge in [-0.05, 0) is 43.3 Å². The normalized spacial score (nSPS) is 22.2. The Kier molecular flexibility index (Phi) is 12.0. The third kappa shape index (κ3) is 10.1. The van der Waals surface area contributed by atoms with E-state index in [-0.39, 0.29) is 11.1 Å². The molecule has 3 aromatic carbocycles. The Morgan fingerprint density at radius 1 is 0.886 bits per heavy atom. The van der Waals surface area contributed by atoms with Gasteiger partial charge in [-0.15, -0.1) is 0 Å². The van der Waals surface area contributed by atoms with Crippen molar-refractivity contribution in [1.82, 2.24) is 0 Å². The maximum absolute atomic E-state index is 13.2. The molecule has 0 unspecified atom stereocenters.